The molecule has 1 aromatic heterocycles. The van der Waals surface area contributed by atoms with E-state index < -0.39 is 6.10 Å². The van der Waals surface area contributed by atoms with E-state index in [2.05, 4.69) is 17.3 Å². The van der Waals surface area contributed by atoms with E-state index in [1.54, 1.807) is 18.4 Å². The highest BCUT2D eigenvalue weighted by molar-refractivity contribution is 7.09. The van der Waals surface area contributed by atoms with Crippen molar-refractivity contribution in [2.45, 2.75) is 45.1 Å². The Balaban J connectivity index is 1.90. The molecule has 0 spiro atoms. The van der Waals surface area contributed by atoms with Crippen molar-refractivity contribution in [3.63, 3.8) is 0 Å². The van der Waals surface area contributed by atoms with Gasteiger partial charge in [-0.2, -0.15) is 0 Å². The van der Waals surface area contributed by atoms with E-state index in [0.29, 0.717) is 19.1 Å². The molecule has 2 unspecified atom stereocenters. The molecule has 1 saturated heterocycles. The molecule has 1 amide bonds. The van der Waals surface area contributed by atoms with Gasteiger partial charge in [-0.05, 0) is 26.2 Å². The van der Waals surface area contributed by atoms with E-state index in [1.165, 1.54) is 5.01 Å². The monoisotopic (exact) mass is 326 g/mol. The quantitative estimate of drug-likeness (QED) is 0.722. The van der Waals surface area contributed by atoms with Crippen LogP contribution < -0.4 is 0 Å². The minimum absolute atomic E-state index is 0.0769. The smallest absolute Gasteiger partial charge is 0.251 e. The van der Waals surface area contributed by atoms with Crippen molar-refractivity contribution in [3.05, 3.63) is 16.1 Å². The van der Waals surface area contributed by atoms with Gasteiger partial charge in [0.1, 0.15) is 6.10 Å². The third-order valence-corrected chi connectivity index (χ3v) is 5.07. The Morgan fingerprint density at radius 1 is 1.55 bits per heavy atom. The molecule has 0 aliphatic carbocycles. The van der Waals surface area contributed by atoms with Crippen LogP contribution in [-0.2, 0) is 20.7 Å². The molecule has 0 bridgehead atoms. The standard InChI is InChI=1S/C16H26N2O3S/c1-4-14-11-22-15(17-14)13-6-5-7-18(10-13)16(19)12(2)21-9-8-20-3/h11-13H,4-10H2,1-3H3. The molecule has 1 aliphatic heterocycles. The number of hydrogen-bond donors (Lipinski definition) is 0. The average molecular weight is 326 g/mol. The van der Waals surface area contributed by atoms with Crippen molar-refractivity contribution in [2.24, 2.45) is 0 Å². The van der Waals surface area contributed by atoms with Crippen molar-refractivity contribution < 1.29 is 14.3 Å². The van der Waals surface area contributed by atoms with Crippen LogP contribution >= 0.6 is 11.3 Å². The topological polar surface area (TPSA) is 51.7 Å². The summed E-state index contributed by atoms with van der Waals surface area (Å²) in [6.45, 7) is 6.48. The van der Waals surface area contributed by atoms with Gasteiger partial charge in [0.05, 0.1) is 23.9 Å². The summed E-state index contributed by atoms with van der Waals surface area (Å²) < 4.78 is 10.5. The highest BCUT2D eigenvalue weighted by Gasteiger charge is 2.29. The zero-order valence-corrected chi connectivity index (χ0v) is 14.5. The van der Waals surface area contributed by atoms with Crippen LogP contribution in [0.2, 0.25) is 0 Å². The molecule has 0 radical (unpaired) electrons. The fourth-order valence-corrected chi connectivity index (χ4v) is 3.72. The zero-order valence-electron chi connectivity index (χ0n) is 13.7. The average Bonchev–Trinajstić information content (AvgIpc) is 3.03. The summed E-state index contributed by atoms with van der Waals surface area (Å²) in [6, 6.07) is 0. The van der Waals surface area contributed by atoms with Crippen LogP contribution in [0.5, 0.6) is 0 Å². The van der Waals surface area contributed by atoms with Crippen molar-refractivity contribution in [1.29, 1.82) is 0 Å². The normalized spacial score (nSPS) is 20.1. The van der Waals surface area contributed by atoms with Gasteiger partial charge in [0.15, 0.2) is 0 Å². The highest BCUT2D eigenvalue weighted by atomic mass is 32.1. The van der Waals surface area contributed by atoms with E-state index in [0.717, 1.165) is 38.0 Å². The maximum absolute atomic E-state index is 12.5. The molecule has 1 aliphatic rings. The SMILES string of the molecule is CCc1csc(C2CCCN(C(=O)C(C)OCCOC)C2)n1. The van der Waals surface area contributed by atoms with Gasteiger partial charge in [-0.25, -0.2) is 4.98 Å². The summed E-state index contributed by atoms with van der Waals surface area (Å²) >= 11 is 1.72. The predicted molar refractivity (Wildman–Crippen MR) is 87.3 cm³/mol. The number of aryl methyl sites for hydroxylation is 1. The Morgan fingerprint density at radius 3 is 3.05 bits per heavy atom. The van der Waals surface area contributed by atoms with Crippen LogP contribution in [0.3, 0.4) is 0 Å². The lowest BCUT2D eigenvalue weighted by molar-refractivity contribution is -0.144. The van der Waals surface area contributed by atoms with Crippen LogP contribution in [0.25, 0.3) is 0 Å². The lowest BCUT2D eigenvalue weighted by Crippen LogP contribution is -2.44. The minimum atomic E-state index is -0.406. The van der Waals surface area contributed by atoms with Crippen LogP contribution in [0, 0.1) is 0 Å². The van der Waals surface area contributed by atoms with Crippen molar-refractivity contribution in [3.8, 4) is 0 Å². The van der Waals surface area contributed by atoms with Crippen molar-refractivity contribution >= 4 is 17.2 Å². The number of rotatable bonds is 7. The molecule has 1 aromatic rings. The summed E-state index contributed by atoms with van der Waals surface area (Å²) in [4.78, 5) is 19.1. The number of hydrogen-bond acceptors (Lipinski definition) is 5. The number of thiazole rings is 1. The number of carbonyl (C=O) groups is 1. The van der Waals surface area contributed by atoms with Gasteiger partial charge in [0, 0.05) is 31.5 Å². The Kier molecular flexibility index (Phi) is 6.79. The molecule has 2 atom stereocenters. The molecule has 22 heavy (non-hydrogen) atoms. The number of nitrogens with zero attached hydrogens (tertiary/aromatic N) is 2. The molecule has 2 heterocycles. The maximum Gasteiger partial charge on any atom is 0.251 e. The Bertz CT molecular complexity index is 478. The van der Waals surface area contributed by atoms with Gasteiger partial charge >= 0.3 is 0 Å². The van der Waals surface area contributed by atoms with Gasteiger partial charge < -0.3 is 14.4 Å². The second-order valence-electron chi connectivity index (χ2n) is 5.66. The first-order chi connectivity index (χ1) is 10.7. The molecule has 6 heteroatoms. The van der Waals surface area contributed by atoms with Crippen molar-refractivity contribution in [2.75, 3.05) is 33.4 Å². The molecule has 0 aromatic carbocycles. The molecule has 0 saturated carbocycles. The summed E-state index contributed by atoms with van der Waals surface area (Å²) in [7, 11) is 1.63. The number of amides is 1. The number of likely N-dealkylation sites (tertiary alicyclic amines) is 1. The summed E-state index contributed by atoms with van der Waals surface area (Å²) in [5.74, 6) is 0.447. The zero-order chi connectivity index (χ0) is 15.9. The fourth-order valence-electron chi connectivity index (χ4n) is 2.69. The number of aromatic nitrogens is 1. The lowest BCUT2D eigenvalue weighted by atomic mass is 9.98. The van der Waals surface area contributed by atoms with Gasteiger partial charge in [0.2, 0.25) is 0 Å². The number of piperidine rings is 1. The maximum atomic E-state index is 12.5. The predicted octanol–water partition coefficient (Wildman–Crippen LogP) is 2.46. The Labute approximate surface area is 136 Å². The van der Waals surface area contributed by atoms with Crippen LogP contribution in [0.15, 0.2) is 5.38 Å². The van der Waals surface area contributed by atoms with E-state index in [4.69, 9.17) is 9.47 Å². The molecular weight excluding hydrogens is 300 g/mol. The second-order valence-corrected chi connectivity index (χ2v) is 6.55. The lowest BCUT2D eigenvalue weighted by Gasteiger charge is -2.33. The number of carbonyl (C=O) groups excluding carboxylic acids is 1. The fraction of sp³-hybridized carbons (Fsp3) is 0.750. The van der Waals surface area contributed by atoms with E-state index in [9.17, 15) is 4.79 Å². The van der Waals surface area contributed by atoms with E-state index >= 15 is 0 Å². The number of methoxy groups -OCH3 is 1. The first-order valence-corrected chi connectivity index (χ1v) is 8.87. The van der Waals surface area contributed by atoms with E-state index in [1.807, 2.05) is 11.8 Å². The molecule has 1 fully saturated rings. The third kappa shape index (κ3) is 4.51. The summed E-state index contributed by atoms with van der Waals surface area (Å²) in [6.07, 6.45) is 2.70. The van der Waals surface area contributed by atoms with E-state index in [-0.39, 0.29) is 5.91 Å². The molecule has 5 nitrogen and oxygen atoms in total. The molecule has 124 valence electrons. The van der Waals surface area contributed by atoms with Crippen LogP contribution in [-0.4, -0.2) is 55.3 Å². The molecule has 2 rings (SSSR count). The highest BCUT2D eigenvalue weighted by Crippen LogP contribution is 2.29. The summed E-state index contributed by atoms with van der Waals surface area (Å²) in [5, 5.41) is 3.30. The van der Waals surface area contributed by atoms with Gasteiger partial charge in [-0.3, -0.25) is 4.79 Å². The van der Waals surface area contributed by atoms with Crippen LogP contribution in [0.4, 0.5) is 0 Å². The molecule has 0 N–H and O–H groups in total. The Hall–Kier alpha value is -0.980. The first-order valence-electron chi connectivity index (χ1n) is 7.99. The molecular formula is C16H26N2O3S. The van der Waals surface area contributed by atoms with Crippen molar-refractivity contribution in [1.82, 2.24) is 9.88 Å². The third-order valence-electron chi connectivity index (χ3n) is 4.02. The minimum Gasteiger partial charge on any atom is -0.382 e. The first kappa shape index (κ1) is 17.4. The number of ether oxygens (including phenoxy) is 2. The van der Waals surface area contributed by atoms with Gasteiger partial charge in [-0.1, -0.05) is 6.92 Å². The Morgan fingerprint density at radius 2 is 2.36 bits per heavy atom. The summed E-state index contributed by atoms with van der Waals surface area (Å²) in [5.41, 5.74) is 1.15. The van der Waals surface area contributed by atoms with Gasteiger partial charge in [0.25, 0.3) is 5.91 Å². The second kappa shape index (κ2) is 8.60. The largest absolute Gasteiger partial charge is 0.382 e. The van der Waals surface area contributed by atoms with Crippen LogP contribution in [0.1, 0.15) is 43.3 Å². The van der Waals surface area contributed by atoms with Gasteiger partial charge in [-0.15, -0.1) is 11.3 Å².